The number of piperazine rings is 1. The Hall–Kier alpha value is -2.65. The lowest BCUT2D eigenvalue weighted by Crippen LogP contribution is -2.54. The van der Waals surface area contributed by atoms with Gasteiger partial charge in [0, 0.05) is 50.5 Å². The van der Waals surface area contributed by atoms with Crippen molar-refractivity contribution in [2.75, 3.05) is 50.2 Å². The molecule has 9 heteroatoms. The molecule has 2 fully saturated rings. The monoisotopic (exact) mass is 486 g/mol. The van der Waals surface area contributed by atoms with E-state index < -0.39 is 9.84 Å². The van der Waals surface area contributed by atoms with Gasteiger partial charge in [-0.15, -0.1) is 0 Å². The third kappa shape index (κ3) is 4.90. The SMILES string of the molecule is COCCC(=O)N1CCN(c2nc(C3CC3)c(-c3cccc(S(C)(=O)=O)c3)c(C)c2N)C[C@H]1C. The molecule has 184 valence electrons. The van der Waals surface area contributed by atoms with Gasteiger partial charge in [0.2, 0.25) is 5.91 Å². The van der Waals surface area contributed by atoms with E-state index in [1.165, 1.54) is 6.26 Å². The summed E-state index contributed by atoms with van der Waals surface area (Å²) >= 11 is 0. The van der Waals surface area contributed by atoms with E-state index in [0.717, 1.165) is 41.0 Å². The van der Waals surface area contributed by atoms with E-state index in [1.807, 2.05) is 24.8 Å². The van der Waals surface area contributed by atoms with Crippen molar-refractivity contribution in [1.82, 2.24) is 9.88 Å². The predicted molar refractivity (Wildman–Crippen MR) is 134 cm³/mol. The van der Waals surface area contributed by atoms with Crippen molar-refractivity contribution >= 4 is 27.2 Å². The Balaban J connectivity index is 1.68. The lowest BCUT2D eigenvalue weighted by Gasteiger charge is -2.41. The number of amides is 1. The van der Waals surface area contributed by atoms with Crippen LogP contribution in [0.3, 0.4) is 0 Å². The van der Waals surface area contributed by atoms with Gasteiger partial charge in [-0.05, 0) is 49.9 Å². The minimum absolute atomic E-state index is 0.0371. The smallest absolute Gasteiger partial charge is 0.225 e. The summed E-state index contributed by atoms with van der Waals surface area (Å²) in [5, 5.41) is 0. The Morgan fingerprint density at radius 1 is 1.26 bits per heavy atom. The number of nitrogens with two attached hydrogens (primary N) is 1. The summed E-state index contributed by atoms with van der Waals surface area (Å²) in [5.41, 5.74) is 10.9. The molecule has 2 N–H and O–H groups in total. The molecule has 1 aliphatic carbocycles. The molecule has 34 heavy (non-hydrogen) atoms. The minimum atomic E-state index is -3.32. The molecule has 1 saturated heterocycles. The predicted octanol–water partition coefficient (Wildman–Crippen LogP) is 2.99. The van der Waals surface area contributed by atoms with Gasteiger partial charge >= 0.3 is 0 Å². The highest BCUT2D eigenvalue weighted by atomic mass is 32.2. The molecule has 0 unspecified atom stereocenters. The molecule has 1 aliphatic heterocycles. The van der Waals surface area contributed by atoms with Crippen LogP contribution < -0.4 is 10.6 Å². The number of nitrogen functional groups attached to an aromatic ring is 1. The first-order valence-electron chi connectivity index (χ1n) is 11.8. The highest BCUT2D eigenvalue weighted by Crippen LogP contribution is 2.47. The normalized spacial score (nSPS) is 18.9. The summed E-state index contributed by atoms with van der Waals surface area (Å²) in [7, 11) is -1.72. The van der Waals surface area contributed by atoms with Crippen molar-refractivity contribution in [3.05, 3.63) is 35.5 Å². The molecular formula is C25H34N4O4S. The minimum Gasteiger partial charge on any atom is -0.396 e. The van der Waals surface area contributed by atoms with Gasteiger partial charge in [-0.3, -0.25) is 4.79 Å². The number of methoxy groups -OCH3 is 1. The Bertz CT molecular complexity index is 1190. The number of anilines is 2. The van der Waals surface area contributed by atoms with Gasteiger partial charge in [0.25, 0.3) is 0 Å². The average Bonchev–Trinajstić information content (AvgIpc) is 3.64. The van der Waals surface area contributed by atoms with Crippen LogP contribution >= 0.6 is 0 Å². The van der Waals surface area contributed by atoms with Gasteiger partial charge in [-0.25, -0.2) is 13.4 Å². The second kappa shape index (κ2) is 9.54. The zero-order valence-corrected chi connectivity index (χ0v) is 21.2. The number of hydrogen-bond donors (Lipinski definition) is 1. The largest absolute Gasteiger partial charge is 0.396 e. The van der Waals surface area contributed by atoms with E-state index in [2.05, 4.69) is 4.90 Å². The third-order valence-electron chi connectivity index (χ3n) is 6.78. The molecule has 1 aromatic carbocycles. The van der Waals surface area contributed by atoms with Crippen molar-refractivity contribution in [1.29, 1.82) is 0 Å². The van der Waals surface area contributed by atoms with Gasteiger partial charge in [0.1, 0.15) is 0 Å². The van der Waals surface area contributed by atoms with E-state index in [4.69, 9.17) is 15.5 Å². The first-order valence-corrected chi connectivity index (χ1v) is 13.6. The topological polar surface area (TPSA) is 106 Å². The van der Waals surface area contributed by atoms with Gasteiger partial charge in [-0.2, -0.15) is 0 Å². The second-order valence-corrected chi connectivity index (χ2v) is 11.4. The molecule has 2 heterocycles. The maximum atomic E-state index is 12.5. The van der Waals surface area contributed by atoms with Crippen molar-refractivity contribution < 1.29 is 17.9 Å². The van der Waals surface area contributed by atoms with E-state index in [1.54, 1.807) is 25.3 Å². The highest BCUT2D eigenvalue weighted by Gasteiger charge is 2.34. The van der Waals surface area contributed by atoms with Crippen molar-refractivity contribution in [2.45, 2.75) is 50.0 Å². The number of hydrogen-bond acceptors (Lipinski definition) is 7. The molecule has 0 spiro atoms. The number of carbonyl (C=O) groups excluding carboxylic acids is 1. The van der Waals surface area contributed by atoms with Crippen LogP contribution in [0, 0.1) is 6.92 Å². The zero-order valence-electron chi connectivity index (χ0n) is 20.4. The van der Waals surface area contributed by atoms with Crippen LogP contribution in [0.5, 0.6) is 0 Å². The number of rotatable bonds is 7. The van der Waals surface area contributed by atoms with Crippen LogP contribution in [-0.4, -0.2) is 69.9 Å². The van der Waals surface area contributed by atoms with Crippen LogP contribution in [0.4, 0.5) is 11.5 Å². The number of benzene rings is 1. The van der Waals surface area contributed by atoms with Crippen LogP contribution in [0.25, 0.3) is 11.1 Å². The average molecular weight is 487 g/mol. The van der Waals surface area contributed by atoms with Gasteiger partial charge < -0.3 is 20.3 Å². The fraction of sp³-hybridized carbons (Fsp3) is 0.520. The summed E-state index contributed by atoms with van der Waals surface area (Å²) in [6, 6.07) is 7.07. The van der Waals surface area contributed by atoms with E-state index in [-0.39, 0.29) is 16.8 Å². The molecule has 1 saturated carbocycles. The van der Waals surface area contributed by atoms with Crippen molar-refractivity contribution in [3.8, 4) is 11.1 Å². The molecular weight excluding hydrogens is 452 g/mol. The highest BCUT2D eigenvalue weighted by molar-refractivity contribution is 7.90. The maximum Gasteiger partial charge on any atom is 0.225 e. The number of aromatic nitrogens is 1. The van der Waals surface area contributed by atoms with Gasteiger partial charge in [-0.1, -0.05) is 12.1 Å². The Labute approximate surface area is 202 Å². The first-order chi connectivity index (χ1) is 16.1. The first kappa shape index (κ1) is 24.5. The molecule has 1 atom stereocenters. The lowest BCUT2D eigenvalue weighted by atomic mass is 9.95. The Kier molecular flexibility index (Phi) is 6.87. The number of carbonyl (C=O) groups is 1. The number of nitrogens with zero attached hydrogens (tertiary/aromatic N) is 3. The summed E-state index contributed by atoms with van der Waals surface area (Å²) in [5.74, 6) is 1.22. The van der Waals surface area contributed by atoms with Crippen molar-refractivity contribution in [2.24, 2.45) is 0 Å². The Morgan fingerprint density at radius 2 is 2.00 bits per heavy atom. The molecule has 2 aliphatic rings. The van der Waals surface area contributed by atoms with Crippen LogP contribution in [0.15, 0.2) is 29.2 Å². The maximum absolute atomic E-state index is 12.5. The zero-order chi connectivity index (χ0) is 24.6. The second-order valence-electron chi connectivity index (χ2n) is 9.43. The number of sulfone groups is 1. The molecule has 1 aromatic heterocycles. The van der Waals surface area contributed by atoms with Crippen LogP contribution in [0.1, 0.15) is 43.4 Å². The van der Waals surface area contributed by atoms with Gasteiger partial charge in [0.05, 0.1) is 29.3 Å². The van der Waals surface area contributed by atoms with Crippen molar-refractivity contribution in [3.63, 3.8) is 0 Å². The van der Waals surface area contributed by atoms with Gasteiger partial charge in [0.15, 0.2) is 15.7 Å². The third-order valence-corrected chi connectivity index (χ3v) is 7.89. The quantitative estimate of drug-likeness (QED) is 0.641. The molecule has 4 rings (SSSR count). The van der Waals surface area contributed by atoms with Crippen LogP contribution in [-0.2, 0) is 19.4 Å². The number of ether oxygens (including phenoxy) is 1. The molecule has 2 aromatic rings. The summed E-state index contributed by atoms with van der Waals surface area (Å²) in [6.45, 7) is 6.39. The standard InChI is InChI=1S/C25H34N4O4S/c1-16-15-28(11-12-29(16)21(30)10-13-33-3)25-23(26)17(2)22(24(27-25)18-8-9-18)19-6-5-7-20(14-19)34(4,31)32/h5-7,14,16,18H,8-13,15,26H2,1-4H3/t16-/m1/s1. The fourth-order valence-corrected chi connectivity index (χ4v) is 5.38. The summed E-state index contributed by atoms with van der Waals surface area (Å²) in [4.78, 5) is 22.0. The lowest BCUT2D eigenvalue weighted by molar-refractivity contribution is -0.134. The summed E-state index contributed by atoms with van der Waals surface area (Å²) < 4.78 is 29.3. The Morgan fingerprint density at radius 3 is 2.62 bits per heavy atom. The van der Waals surface area contributed by atoms with Crippen LogP contribution in [0.2, 0.25) is 0 Å². The molecule has 1 amide bonds. The number of pyridine rings is 1. The van der Waals surface area contributed by atoms with E-state index in [0.29, 0.717) is 44.3 Å². The molecule has 8 nitrogen and oxygen atoms in total. The van der Waals surface area contributed by atoms with E-state index >= 15 is 0 Å². The molecule has 0 radical (unpaired) electrons. The fourth-order valence-electron chi connectivity index (χ4n) is 4.72. The van der Waals surface area contributed by atoms with E-state index in [9.17, 15) is 13.2 Å². The molecule has 0 bridgehead atoms. The summed E-state index contributed by atoms with van der Waals surface area (Å²) in [6.07, 6.45) is 3.73.